The topological polar surface area (TPSA) is 174 Å². The lowest BCUT2D eigenvalue weighted by atomic mass is 10.0. The highest BCUT2D eigenvalue weighted by Gasteiger charge is 2.24. The first kappa shape index (κ1) is 28.5. The number of thiophene rings is 1. The summed E-state index contributed by atoms with van der Waals surface area (Å²) in [4.78, 5) is 47.8. The lowest BCUT2D eigenvalue weighted by molar-refractivity contribution is -0.142. The van der Waals surface area contributed by atoms with E-state index in [-0.39, 0.29) is 19.4 Å². The molecule has 11 heteroatoms. The second kappa shape index (κ2) is 13.0. The number of hydrogen-bond donors (Lipinski definition) is 5. The van der Waals surface area contributed by atoms with Gasteiger partial charge < -0.3 is 26.6 Å². The largest absolute Gasteiger partial charge is 0.493 e. The molecule has 0 saturated carbocycles. The third-order valence-electron chi connectivity index (χ3n) is 6.39. The average molecular weight is 563 g/mol. The van der Waals surface area contributed by atoms with Gasteiger partial charge in [-0.1, -0.05) is 42.5 Å². The molecule has 4 amide bonds. The minimum Gasteiger partial charge on any atom is -0.493 e. The van der Waals surface area contributed by atoms with E-state index in [1.54, 1.807) is 23.5 Å². The molecule has 1 aromatic heterocycles. The highest BCUT2D eigenvalue weighted by atomic mass is 32.1. The molecule has 0 aliphatic rings. The molecule has 2 atom stereocenters. The van der Waals surface area contributed by atoms with Crippen LogP contribution in [0, 0.1) is 0 Å². The van der Waals surface area contributed by atoms with Crippen molar-refractivity contribution in [1.82, 2.24) is 10.6 Å². The van der Waals surface area contributed by atoms with Crippen LogP contribution < -0.4 is 26.8 Å². The first-order chi connectivity index (χ1) is 19.2. The molecule has 0 bridgehead atoms. The molecule has 1 heterocycles. The van der Waals surface area contributed by atoms with Crippen molar-refractivity contribution < 1.29 is 29.0 Å². The zero-order valence-corrected chi connectivity index (χ0v) is 22.4. The van der Waals surface area contributed by atoms with E-state index in [9.17, 15) is 24.3 Å². The third-order valence-corrected chi connectivity index (χ3v) is 7.40. The van der Waals surface area contributed by atoms with E-state index >= 15 is 0 Å². The van der Waals surface area contributed by atoms with Gasteiger partial charge in [0.15, 0.2) is 0 Å². The number of carbonyl (C=O) groups excluding carboxylic acids is 3. The molecule has 10 nitrogen and oxygen atoms in total. The number of primary amides is 1. The first-order valence-electron chi connectivity index (χ1n) is 12.7. The highest BCUT2D eigenvalue weighted by Crippen LogP contribution is 2.28. The molecule has 4 aromatic rings. The predicted molar refractivity (Wildman–Crippen MR) is 153 cm³/mol. The van der Waals surface area contributed by atoms with Crippen molar-refractivity contribution in [1.29, 1.82) is 0 Å². The summed E-state index contributed by atoms with van der Waals surface area (Å²) in [6, 6.07) is 15.9. The maximum Gasteiger partial charge on any atom is 0.326 e. The van der Waals surface area contributed by atoms with Gasteiger partial charge in [0.25, 0.3) is 0 Å². The van der Waals surface area contributed by atoms with E-state index < -0.39 is 35.9 Å². The van der Waals surface area contributed by atoms with Crippen molar-refractivity contribution in [2.75, 3.05) is 6.61 Å². The minimum atomic E-state index is -1.17. The number of amides is 4. The van der Waals surface area contributed by atoms with E-state index in [0.717, 1.165) is 26.4 Å². The van der Waals surface area contributed by atoms with Gasteiger partial charge in [0.05, 0.1) is 19.1 Å². The van der Waals surface area contributed by atoms with Crippen LogP contribution >= 0.6 is 11.3 Å². The summed E-state index contributed by atoms with van der Waals surface area (Å²) in [6.45, 7) is 0.134. The summed E-state index contributed by atoms with van der Waals surface area (Å²) in [7, 11) is 0. The highest BCUT2D eigenvalue weighted by molar-refractivity contribution is 7.17. The van der Waals surface area contributed by atoms with E-state index in [1.165, 1.54) is 0 Å². The molecular weight excluding hydrogens is 532 g/mol. The summed E-state index contributed by atoms with van der Waals surface area (Å²) in [6.07, 6.45) is 0.579. The van der Waals surface area contributed by atoms with Crippen molar-refractivity contribution in [3.8, 4) is 5.75 Å². The lowest BCUT2D eigenvalue weighted by Crippen LogP contribution is -2.49. The number of nitrogens with two attached hydrogens (primary N) is 2. The smallest absolute Gasteiger partial charge is 0.326 e. The van der Waals surface area contributed by atoms with Crippen LogP contribution in [0.4, 0.5) is 4.79 Å². The summed E-state index contributed by atoms with van der Waals surface area (Å²) in [5.74, 6) is -1.86. The fraction of sp³-hybridized carbons (Fsp3) is 0.241. The quantitative estimate of drug-likeness (QED) is 0.165. The van der Waals surface area contributed by atoms with Gasteiger partial charge in [-0.05, 0) is 64.6 Å². The van der Waals surface area contributed by atoms with Gasteiger partial charge in [-0.15, -0.1) is 11.3 Å². The maximum absolute atomic E-state index is 12.7. The lowest BCUT2D eigenvalue weighted by Gasteiger charge is -2.18. The summed E-state index contributed by atoms with van der Waals surface area (Å²) < 4.78 is 7.01. The molecule has 0 aliphatic carbocycles. The Morgan fingerprint density at radius 2 is 1.68 bits per heavy atom. The van der Waals surface area contributed by atoms with Crippen LogP contribution in [0.2, 0.25) is 0 Å². The monoisotopic (exact) mass is 562 g/mol. The Balaban J connectivity index is 1.35. The fourth-order valence-electron chi connectivity index (χ4n) is 4.42. The van der Waals surface area contributed by atoms with Crippen LogP contribution in [0.3, 0.4) is 0 Å². The zero-order chi connectivity index (χ0) is 28.6. The zero-order valence-electron chi connectivity index (χ0n) is 21.6. The SMILES string of the molecule is NC(=O)NC(=O)Cc1cc2ccccc2cc1OCCCC(NC(=O)[C@@H](N)Cc1csc2ccccc12)C(=O)O. The molecule has 208 valence electrons. The number of fused-ring (bicyclic) bond motifs is 2. The molecule has 4 rings (SSSR count). The van der Waals surface area contributed by atoms with Gasteiger partial charge in [-0.25, -0.2) is 9.59 Å². The molecular formula is C29H30N4O6S. The van der Waals surface area contributed by atoms with Crippen molar-refractivity contribution in [2.24, 2.45) is 11.5 Å². The molecule has 0 saturated heterocycles. The Morgan fingerprint density at radius 1 is 0.975 bits per heavy atom. The number of rotatable bonds is 12. The Kier molecular flexibility index (Phi) is 9.31. The van der Waals surface area contributed by atoms with Gasteiger partial charge >= 0.3 is 12.0 Å². The molecule has 7 N–H and O–H groups in total. The van der Waals surface area contributed by atoms with E-state index in [1.807, 2.05) is 59.2 Å². The first-order valence-corrected chi connectivity index (χ1v) is 13.6. The summed E-state index contributed by atoms with van der Waals surface area (Å²) in [5.41, 5.74) is 12.7. The van der Waals surface area contributed by atoms with Crippen molar-refractivity contribution in [3.05, 3.63) is 77.2 Å². The number of urea groups is 1. The summed E-state index contributed by atoms with van der Waals surface area (Å²) >= 11 is 1.57. The number of carboxylic acid groups (broad SMARTS) is 1. The van der Waals surface area contributed by atoms with Gasteiger partial charge in [-0.2, -0.15) is 0 Å². The number of imide groups is 1. The molecule has 3 aromatic carbocycles. The van der Waals surface area contributed by atoms with Gasteiger partial charge in [0.1, 0.15) is 11.8 Å². The third kappa shape index (κ3) is 7.33. The number of carboxylic acids is 1. The van der Waals surface area contributed by atoms with Crippen LogP contribution in [0.15, 0.2) is 66.0 Å². The van der Waals surface area contributed by atoms with Gasteiger partial charge in [0.2, 0.25) is 11.8 Å². The number of hydrogen-bond acceptors (Lipinski definition) is 7. The second-order valence-electron chi connectivity index (χ2n) is 9.35. The van der Waals surface area contributed by atoms with Crippen LogP contribution in [-0.4, -0.2) is 47.6 Å². The molecule has 1 unspecified atom stereocenters. The van der Waals surface area contributed by atoms with Crippen molar-refractivity contribution in [3.63, 3.8) is 0 Å². The minimum absolute atomic E-state index is 0.111. The second-order valence-corrected chi connectivity index (χ2v) is 10.3. The van der Waals surface area contributed by atoms with Gasteiger partial charge in [0, 0.05) is 10.3 Å². The number of benzene rings is 3. The Morgan fingerprint density at radius 3 is 2.40 bits per heavy atom. The van der Waals surface area contributed by atoms with Crippen LogP contribution in [0.25, 0.3) is 20.9 Å². The van der Waals surface area contributed by atoms with Crippen molar-refractivity contribution in [2.45, 2.75) is 37.8 Å². The number of aliphatic carboxylic acids is 1. The summed E-state index contributed by atoms with van der Waals surface area (Å²) in [5, 5.41) is 19.0. The van der Waals surface area contributed by atoms with Crippen LogP contribution in [-0.2, 0) is 27.2 Å². The average Bonchev–Trinajstić information content (AvgIpc) is 3.32. The van der Waals surface area contributed by atoms with E-state index in [0.29, 0.717) is 24.2 Å². The standard InChI is InChI=1S/C29H30N4O6S/c30-22(13-20-16-40-25-10-4-3-8-21(20)25)27(35)32-23(28(36)37)9-5-11-39-24-14-18-7-2-1-6-17(18)12-19(24)15-26(34)33-29(31)38/h1-4,6-8,10,12,14,16,22-23H,5,9,11,13,15,30H2,(H,32,35)(H,36,37)(H3,31,33,34,38)/t22-,23?/m0/s1. The molecule has 0 fully saturated rings. The molecule has 40 heavy (non-hydrogen) atoms. The van der Waals surface area contributed by atoms with Gasteiger partial charge in [-0.3, -0.25) is 14.9 Å². The van der Waals surface area contributed by atoms with Crippen molar-refractivity contribution >= 4 is 56.0 Å². The van der Waals surface area contributed by atoms with E-state index in [4.69, 9.17) is 16.2 Å². The Labute approximate surface area is 234 Å². The van der Waals surface area contributed by atoms with Crippen LogP contribution in [0.1, 0.15) is 24.0 Å². The normalized spacial score (nSPS) is 12.5. The van der Waals surface area contributed by atoms with E-state index in [2.05, 4.69) is 5.32 Å². The molecule has 0 aliphatic heterocycles. The molecule has 0 radical (unpaired) electrons. The molecule has 0 spiro atoms. The maximum atomic E-state index is 12.7. The number of ether oxygens (including phenoxy) is 1. The fourth-order valence-corrected chi connectivity index (χ4v) is 5.40. The number of nitrogens with one attached hydrogen (secondary N) is 2. The Bertz CT molecular complexity index is 1550. The Hall–Kier alpha value is -4.48. The number of carbonyl (C=O) groups is 4. The predicted octanol–water partition coefficient (Wildman–Crippen LogP) is 3.09. The van der Waals surface area contributed by atoms with Crippen LogP contribution in [0.5, 0.6) is 5.75 Å².